The maximum absolute atomic E-state index is 13.7. The largest absolute Gasteiger partial charge is 0.366 e. The summed E-state index contributed by atoms with van der Waals surface area (Å²) in [4.78, 5) is 12.7. The molecule has 1 aliphatic rings. The van der Waals surface area contributed by atoms with Crippen molar-refractivity contribution in [2.45, 2.75) is 0 Å². The summed E-state index contributed by atoms with van der Waals surface area (Å²) < 4.78 is 13.7. The first kappa shape index (κ1) is 11.9. The molecule has 98 valence electrons. The van der Waals surface area contributed by atoms with Crippen molar-refractivity contribution in [3.8, 4) is 0 Å². The molecule has 1 saturated heterocycles. The van der Waals surface area contributed by atoms with Crippen molar-refractivity contribution in [3.05, 3.63) is 48.5 Å². The number of hydrogen-bond acceptors (Lipinski definition) is 4. The molecule has 1 fully saturated rings. The van der Waals surface area contributed by atoms with Crippen LogP contribution in [-0.4, -0.2) is 36.1 Å². The highest BCUT2D eigenvalue weighted by atomic mass is 19.1. The molecule has 1 aromatic heterocycles. The number of anilines is 2. The number of nitrogens with zero attached hydrogens (tertiary/aromatic N) is 4. The van der Waals surface area contributed by atoms with E-state index in [4.69, 9.17) is 0 Å². The first-order valence-corrected chi connectivity index (χ1v) is 6.36. The predicted molar refractivity (Wildman–Crippen MR) is 72.9 cm³/mol. The lowest BCUT2D eigenvalue weighted by Gasteiger charge is -2.36. The molecule has 3 rings (SSSR count). The van der Waals surface area contributed by atoms with Crippen molar-refractivity contribution < 1.29 is 4.39 Å². The lowest BCUT2D eigenvalue weighted by Crippen LogP contribution is -2.47. The Kier molecular flexibility index (Phi) is 3.27. The van der Waals surface area contributed by atoms with Crippen LogP contribution in [-0.2, 0) is 0 Å². The van der Waals surface area contributed by atoms with Crippen molar-refractivity contribution in [3.63, 3.8) is 0 Å². The van der Waals surface area contributed by atoms with Gasteiger partial charge >= 0.3 is 0 Å². The molecular weight excluding hydrogens is 243 g/mol. The number of benzene rings is 1. The highest BCUT2D eigenvalue weighted by Crippen LogP contribution is 2.21. The van der Waals surface area contributed by atoms with E-state index in [-0.39, 0.29) is 5.82 Å². The SMILES string of the molecule is Fc1ccccc1N1CCN(c2ncccn2)CC1. The van der Waals surface area contributed by atoms with E-state index in [0.717, 1.165) is 32.1 Å². The molecule has 0 bridgehead atoms. The Morgan fingerprint density at radius 1 is 0.842 bits per heavy atom. The highest BCUT2D eigenvalue weighted by molar-refractivity contribution is 5.49. The normalized spacial score (nSPS) is 15.6. The second-order valence-corrected chi connectivity index (χ2v) is 4.47. The number of piperazine rings is 1. The zero-order valence-corrected chi connectivity index (χ0v) is 10.5. The molecule has 5 heteroatoms. The summed E-state index contributed by atoms with van der Waals surface area (Å²) in [5.41, 5.74) is 0.677. The molecule has 2 heterocycles. The fourth-order valence-corrected chi connectivity index (χ4v) is 2.31. The van der Waals surface area contributed by atoms with Gasteiger partial charge in [0.25, 0.3) is 0 Å². The van der Waals surface area contributed by atoms with E-state index in [9.17, 15) is 4.39 Å². The minimum Gasteiger partial charge on any atom is -0.366 e. The van der Waals surface area contributed by atoms with Crippen LogP contribution >= 0.6 is 0 Å². The van der Waals surface area contributed by atoms with Gasteiger partial charge in [0.15, 0.2) is 0 Å². The number of hydrogen-bond donors (Lipinski definition) is 0. The van der Waals surface area contributed by atoms with Gasteiger partial charge in [-0.25, -0.2) is 14.4 Å². The average molecular weight is 258 g/mol. The predicted octanol–water partition coefficient (Wildman–Crippen LogP) is 1.94. The fraction of sp³-hybridized carbons (Fsp3) is 0.286. The quantitative estimate of drug-likeness (QED) is 0.824. The highest BCUT2D eigenvalue weighted by Gasteiger charge is 2.20. The van der Waals surface area contributed by atoms with E-state index in [1.54, 1.807) is 24.5 Å². The first-order chi connectivity index (χ1) is 9.34. The molecule has 2 aromatic rings. The molecule has 0 unspecified atom stereocenters. The number of rotatable bonds is 2. The van der Waals surface area contributed by atoms with Crippen molar-refractivity contribution in [2.75, 3.05) is 36.0 Å². The average Bonchev–Trinajstić information content (AvgIpc) is 2.49. The third-order valence-electron chi connectivity index (χ3n) is 3.31. The van der Waals surface area contributed by atoms with Gasteiger partial charge in [-0.15, -0.1) is 0 Å². The molecule has 1 aromatic carbocycles. The van der Waals surface area contributed by atoms with E-state index in [1.807, 2.05) is 12.1 Å². The van der Waals surface area contributed by atoms with Crippen molar-refractivity contribution in [1.29, 1.82) is 0 Å². The Hall–Kier alpha value is -2.17. The van der Waals surface area contributed by atoms with Gasteiger partial charge < -0.3 is 9.80 Å². The molecule has 0 spiro atoms. The van der Waals surface area contributed by atoms with Gasteiger partial charge in [-0.2, -0.15) is 0 Å². The second kappa shape index (κ2) is 5.22. The van der Waals surface area contributed by atoms with Gasteiger partial charge in [-0.3, -0.25) is 0 Å². The minimum absolute atomic E-state index is 0.160. The first-order valence-electron chi connectivity index (χ1n) is 6.36. The van der Waals surface area contributed by atoms with Gasteiger partial charge in [0.1, 0.15) is 5.82 Å². The molecule has 0 radical (unpaired) electrons. The summed E-state index contributed by atoms with van der Waals surface area (Å²) in [6, 6.07) is 8.71. The summed E-state index contributed by atoms with van der Waals surface area (Å²) in [5.74, 6) is 0.586. The number of aromatic nitrogens is 2. The van der Waals surface area contributed by atoms with E-state index < -0.39 is 0 Å². The van der Waals surface area contributed by atoms with Gasteiger partial charge in [-0.1, -0.05) is 12.1 Å². The Bertz CT molecular complexity index is 538. The maximum atomic E-state index is 13.7. The summed E-state index contributed by atoms with van der Waals surface area (Å²) in [6.45, 7) is 3.16. The summed E-state index contributed by atoms with van der Waals surface area (Å²) >= 11 is 0. The standard InChI is InChI=1S/C14H15FN4/c15-12-4-1-2-5-13(12)18-8-10-19(11-9-18)14-16-6-3-7-17-14/h1-7H,8-11H2. The summed E-state index contributed by atoms with van der Waals surface area (Å²) in [6.07, 6.45) is 3.48. The molecule has 0 atom stereocenters. The molecule has 0 N–H and O–H groups in total. The number of halogens is 1. The van der Waals surface area contributed by atoms with Crippen LogP contribution < -0.4 is 9.80 Å². The second-order valence-electron chi connectivity index (χ2n) is 4.47. The van der Waals surface area contributed by atoms with Crippen LogP contribution in [0.15, 0.2) is 42.7 Å². The molecule has 0 saturated carbocycles. The maximum Gasteiger partial charge on any atom is 0.225 e. The Labute approximate surface area is 111 Å². The van der Waals surface area contributed by atoms with E-state index in [2.05, 4.69) is 19.8 Å². The van der Waals surface area contributed by atoms with Crippen LogP contribution in [0, 0.1) is 5.82 Å². The van der Waals surface area contributed by atoms with Gasteiger partial charge in [0, 0.05) is 38.6 Å². The van der Waals surface area contributed by atoms with Gasteiger partial charge in [0.2, 0.25) is 5.95 Å². The van der Waals surface area contributed by atoms with E-state index in [0.29, 0.717) is 5.69 Å². The molecule has 4 nitrogen and oxygen atoms in total. The van der Waals surface area contributed by atoms with Crippen LogP contribution in [0.1, 0.15) is 0 Å². The topological polar surface area (TPSA) is 32.3 Å². The molecule has 19 heavy (non-hydrogen) atoms. The Morgan fingerprint density at radius 2 is 1.47 bits per heavy atom. The van der Waals surface area contributed by atoms with Gasteiger partial charge in [0.05, 0.1) is 5.69 Å². The lowest BCUT2D eigenvalue weighted by atomic mass is 10.2. The van der Waals surface area contributed by atoms with Crippen molar-refractivity contribution in [2.24, 2.45) is 0 Å². The summed E-state index contributed by atoms with van der Waals surface area (Å²) in [7, 11) is 0. The van der Waals surface area contributed by atoms with Crippen molar-refractivity contribution in [1.82, 2.24) is 9.97 Å². The number of para-hydroxylation sites is 1. The van der Waals surface area contributed by atoms with Crippen LogP contribution in [0.4, 0.5) is 16.0 Å². The van der Waals surface area contributed by atoms with Crippen LogP contribution in [0.2, 0.25) is 0 Å². The molecule has 1 aliphatic heterocycles. The Balaban J connectivity index is 1.69. The van der Waals surface area contributed by atoms with Crippen molar-refractivity contribution >= 4 is 11.6 Å². The third kappa shape index (κ3) is 2.50. The zero-order valence-electron chi connectivity index (χ0n) is 10.5. The fourth-order valence-electron chi connectivity index (χ4n) is 2.31. The van der Waals surface area contributed by atoms with E-state index >= 15 is 0 Å². The summed E-state index contributed by atoms with van der Waals surface area (Å²) in [5, 5.41) is 0. The minimum atomic E-state index is -0.160. The Morgan fingerprint density at radius 3 is 2.16 bits per heavy atom. The van der Waals surface area contributed by atoms with Gasteiger partial charge in [-0.05, 0) is 18.2 Å². The zero-order chi connectivity index (χ0) is 13.1. The lowest BCUT2D eigenvalue weighted by molar-refractivity contribution is 0.594. The monoisotopic (exact) mass is 258 g/mol. The van der Waals surface area contributed by atoms with Crippen LogP contribution in [0.3, 0.4) is 0 Å². The third-order valence-corrected chi connectivity index (χ3v) is 3.31. The molecule has 0 amide bonds. The van der Waals surface area contributed by atoms with E-state index in [1.165, 1.54) is 6.07 Å². The van der Waals surface area contributed by atoms with Crippen LogP contribution in [0.5, 0.6) is 0 Å². The smallest absolute Gasteiger partial charge is 0.225 e. The van der Waals surface area contributed by atoms with Crippen LogP contribution in [0.25, 0.3) is 0 Å². The molecular formula is C14H15FN4. The molecule has 0 aliphatic carbocycles.